The van der Waals surface area contributed by atoms with Crippen LogP contribution in [0.4, 0.5) is 10.9 Å². The molecule has 8 heteroatoms. The molecule has 0 atom stereocenters. The summed E-state index contributed by atoms with van der Waals surface area (Å²) >= 11 is 1.70. The van der Waals surface area contributed by atoms with E-state index in [1.54, 1.807) is 22.2 Å². The zero-order chi connectivity index (χ0) is 17.2. The topological polar surface area (TPSA) is 63.0 Å². The number of piperazine rings is 1. The van der Waals surface area contributed by atoms with Crippen molar-refractivity contribution in [2.24, 2.45) is 0 Å². The Hall–Kier alpha value is -2.48. The molecule has 0 saturated carbocycles. The zero-order valence-corrected chi connectivity index (χ0v) is 15.2. The van der Waals surface area contributed by atoms with Gasteiger partial charge in [0.05, 0.1) is 0 Å². The number of anilines is 2. The average molecular weight is 355 g/mol. The van der Waals surface area contributed by atoms with Crippen LogP contribution in [0.15, 0.2) is 36.7 Å². The number of hydrogen-bond acceptors (Lipinski definition) is 7. The van der Waals surface area contributed by atoms with Crippen molar-refractivity contribution in [3.8, 4) is 5.82 Å². The van der Waals surface area contributed by atoms with E-state index in [1.807, 2.05) is 24.4 Å². The first-order valence-electron chi connectivity index (χ1n) is 8.51. The van der Waals surface area contributed by atoms with Crippen molar-refractivity contribution in [1.82, 2.24) is 25.0 Å². The standard InChI is InChI=1S/C17H21N7S/c1-13(2)16-20-21-17(25-16)23-11-9-22(10-12-23)14-5-3-6-15(19-14)24-8-4-7-18-24/h3-8,13H,9-12H2,1-2H3. The van der Waals surface area contributed by atoms with Crippen LogP contribution in [0.5, 0.6) is 0 Å². The van der Waals surface area contributed by atoms with E-state index in [1.165, 1.54) is 0 Å². The van der Waals surface area contributed by atoms with Gasteiger partial charge in [0.1, 0.15) is 10.8 Å². The molecule has 1 aliphatic rings. The molecule has 7 nitrogen and oxygen atoms in total. The number of nitrogens with zero attached hydrogens (tertiary/aromatic N) is 7. The van der Waals surface area contributed by atoms with Crippen LogP contribution < -0.4 is 9.80 Å². The monoisotopic (exact) mass is 355 g/mol. The van der Waals surface area contributed by atoms with Crippen LogP contribution in [-0.4, -0.2) is 51.1 Å². The Morgan fingerprint density at radius 1 is 0.960 bits per heavy atom. The van der Waals surface area contributed by atoms with E-state index >= 15 is 0 Å². The predicted octanol–water partition coefficient (Wildman–Crippen LogP) is 2.57. The van der Waals surface area contributed by atoms with Crippen LogP contribution in [0.1, 0.15) is 24.8 Å². The lowest BCUT2D eigenvalue weighted by Crippen LogP contribution is -2.46. The lowest BCUT2D eigenvalue weighted by atomic mass is 10.2. The molecule has 3 aromatic heterocycles. The maximum absolute atomic E-state index is 4.75. The second kappa shape index (κ2) is 6.79. The van der Waals surface area contributed by atoms with E-state index in [0.29, 0.717) is 5.92 Å². The first kappa shape index (κ1) is 16.0. The van der Waals surface area contributed by atoms with Gasteiger partial charge in [-0.3, -0.25) is 0 Å². The molecule has 0 radical (unpaired) electrons. The fourth-order valence-corrected chi connectivity index (χ4v) is 3.73. The molecule has 0 aromatic carbocycles. The Balaban J connectivity index is 1.44. The van der Waals surface area contributed by atoms with Gasteiger partial charge >= 0.3 is 0 Å². The molecule has 4 heterocycles. The first-order chi connectivity index (χ1) is 12.2. The molecule has 0 aliphatic carbocycles. The summed E-state index contributed by atoms with van der Waals surface area (Å²) in [5.74, 6) is 2.27. The summed E-state index contributed by atoms with van der Waals surface area (Å²) < 4.78 is 1.79. The van der Waals surface area contributed by atoms with Crippen molar-refractivity contribution in [2.45, 2.75) is 19.8 Å². The quantitative estimate of drug-likeness (QED) is 0.717. The lowest BCUT2D eigenvalue weighted by molar-refractivity contribution is 0.642. The molecule has 1 saturated heterocycles. The van der Waals surface area contributed by atoms with Gasteiger partial charge in [0, 0.05) is 44.5 Å². The highest BCUT2D eigenvalue weighted by Crippen LogP contribution is 2.27. The minimum absolute atomic E-state index is 0.432. The number of aromatic nitrogens is 5. The maximum atomic E-state index is 4.75. The highest BCUT2D eigenvalue weighted by molar-refractivity contribution is 7.15. The zero-order valence-electron chi connectivity index (χ0n) is 14.4. The number of pyridine rings is 1. The lowest BCUT2D eigenvalue weighted by Gasteiger charge is -2.35. The average Bonchev–Trinajstić information content (AvgIpc) is 3.34. The molecular weight excluding hydrogens is 334 g/mol. The van der Waals surface area contributed by atoms with E-state index in [0.717, 1.165) is 48.0 Å². The molecule has 1 aliphatic heterocycles. The third kappa shape index (κ3) is 3.34. The van der Waals surface area contributed by atoms with Gasteiger partial charge in [-0.15, -0.1) is 10.2 Å². The van der Waals surface area contributed by atoms with Gasteiger partial charge in [-0.2, -0.15) is 5.10 Å². The highest BCUT2D eigenvalue weighted by atomic mass is 32.1. The largest absolute Gasteiger partial charge is 0.353 e. The molecule has 0 unspecified atom stereocenters. The van der Waals surface area contributed by atoms with Crippen molar-refractivity contribution in [1.29, 1.82) is 0 Å². The first-order valence-corrected chi connectivity index (χ1v) is 9.33. The smallest absolute Gasteiger partial charge is 0.208 e. The summed E-state index contributed by atoms with van der Waals surface area (Å²) in [6, 6.07) is 7.97. The van der Waals surface area contributed by atoms with Crippen LogP contribution in [0.2, 0.25) is 0 Å². The predicted molar refractivity (Wildman–Crippen MR) is 99.8 cm³/mol. The summed E-state index contributed by atoms with van der Waals surface area (Å²) in [4.78, 5) is 9.38. The van der Waals surface area contributed by atoms with Crippen molar-refractivity contribution in [3.63, 3.8) is 0 Å². The summed E-state index contributed by atoms with van der Waals surface area (Å²) in [6.45, 7) is 8.01. The fourth-order valence-electron chi connectivity index (χ4n) is 2.83. The third-order valence-corrected chi connectivity index (χ3v) is 5.54. The minimum Gasteiger partial charge on any atom is -0.353 e. The summed E-state index contributed by atoms with van der Waals surface area (Å²) in [7, 11) is 0. The van der Waals surface area contributed by atoms with Crippen LogP contribution in [0.25, 0.3) is 5.82 Å². The van der Waals surface area contributed by atoms with Crippen molar-refractivity contribution < 1.29 is 0 Å². The second-order valence-corrected chi connectivity index (χ2v) is 7.34. The van der Waals surface area contributed by atoms with Crippen molar-refractivity contribution in [3.05, 3.63) is 41.7 Å². The van der Waals surface area contributed by atoms with E-state index in [9.17, 15) is 0 Å². The van der Waals surface area contributed by atoms with Crippen LogP contribution in [-0.2, 0) is 0 Å². The Morgan fingerprint density at radius 2 is 1.72 bits per heavy atom. The molecule has 130 valence electrons. The van der Waals surface area contributed by atoms with Crippen LogP contribution >= 0.6 is 11.3 Å². The molecule has 3 aromatic rings. The van der Waals surface area contributed by atoms with Gasteiger partial charge in [0.25, 0.3) is 0 Å². The molecule has 0 spiro atoms. The molecule has 25 heavy (non-hydrogen) atoms. The Bertz CT molecular complexity index is 819. The summed E-state index contributed by atoms with van der Waals surface area (Å²) in [5.41, 5.74) is 0. The van der Waals surface area contributed by atoms with Gasteiger partial charge < -0.3 is 9.80 Å². The van der Waals surface area contributed by atoms with Gasteiger partial charge in [0.15, 0.2) is 5.82 Å². The normalized spacial score (nSPS) is 15.2. The molecule has 4 rings (SSSR count). The Morgan fingerprint density at radius 3 is 2.40 bits per heavy atom. The summed E-state index contributed by atoms with van der Waals surface area (Å²) in [5, 5.41) is 15.0. The van der Waals surface area contributed by atoms with Crippen molar-refractivity contribution in [2.75, 3.05) is 36.0 Å². The van der Waals surface area contributed by atoms with Crippen LogP contribution in [0.3, 0.4) is 0 Å². The van der Waals surface area contributed by atoms with Gasteiger partial charge in [-0.1, -0.05) is 31.3 Å². The summed E-state index contributed by atoms with van der Waals surface area (Å²) in [6.07, 6.45) is 3.67. The maximum Gasteiger partial charge on any atom is 0.208 e. The van der Waals surface area contributed by atoms with Gasteiger partial charge in [-0.05, 0) is 18.2 Å². The number of hydrogen-bond donors (Lipinski definition) is 0. The van der Waals surface area contributed by atoms with Gasteiger partial charge in [0.2, 0.25) is 5.13 Å². The Kier molecular flexibility index (Phi) is 4.35. The second-order valence-electron chi connectivity index (χ2n) is 6.36. The highest BCUT2D eigenvalue weighted by Gasteiger charge is 2.21. The van der Waals surface area contributed by atoms with E-state index in [2.05, 4.69) is 45.0 Å². The van der Waals surface area contributed by atoms with Gasteiger partial charge in [-0.25, -0.2) is 9.67 Å². The molecule has 0 amide bonds. The van der Waals surface area contributed by atoms with E-state index in [-0.39, 0.29) is 0 Å². The van der Waals surface area contributed by atoms with Crippen LogP contribution in [0, 0.1) is 0 Å². The fraction of sp³-hybridized carbons (Fsp3) is 0.412. The Labute approximate surface area is 150 Å². The SMILES string of the molecule is CC(C)c1nnc(N2CCN(c3cccc(-n4cccn4)n3)CC2)s1. The van der Waals surface area contributed by atoms with E-state index < -0.39 is 0 Å². The molecule has 0 bridgehead atoms. The van der Waals surface area contributed by atoms with Crippen molar-refractivity contribution >= 4 is 22.3 Å². The third-order valence-electron chi connectivity index (χ3n) is 4.26. The number of rotatable bonds is 4. The molecule has 1 fully saturated rings. The molecular formula is C17H21N7S. The minimum atomic E-state index is 0.432. The van der Waals surface area contributed by atoms with E-state index in [4.69, 9.17) is 4.98 Å². The molecule has 0 N–H and O–H groups in total.